The van der Waals surface area contributed by atoms with Crippen molar-refractivity contribution in [2.24, 2.45) is 0 Å². The SMILES string of the molecule is COC(=O)C1=CCCc2c1ccc1ccc(Cl)cc21. The maximum atomic E-state index is 11.8. The van der Waals surface area contributed by atoms with Gasteiger partial charge in [0.1, 0.15) is 0 Å². The predicted molar refractivity (Wildman–Crippen MR) is 77.3 cm³/mol. The molecule has 0 atom stereocenters. The summed E-state index contributed by atoms with van der Waals surface area (Å²) < 4.78 is 4.85. The molecule has 0 saturated heterocycles. The number of esters is 1. The van der Waals surface area contributed by atoms with Crippen LogP contribution < -0.4 is 0 Å². The van der Waals surface area contributed by atoms with Crippen molar-refractivity contribution in [3.05, 3.63) is 52.6 Å². The highest BCUT2D eigenvalue weighted by Gasteiger charge is 2.20. The molecule has 0 bridgehead atoms. The van der Waals surface area contributed by atoms with Crippen molar-refractivity contribution >= 4 is 33.9 Å². The van der Waals surface area contributed by atoms with E-state index in [1.165, 1.54) is 12.7 Å². The van der Waals surface area contributed by atoms with E-state index in [0.717, 1.165) is 34.2 Å². The molecule has 2 aromatic carbocycles. The third-order valence-electron chi connectivity index (χ3n) is 3.53. The summed E-state index contributed by atoms with van der Waals surface area (Å²) in [5.74, 6) is -0.276. The zero-order valence-corrected chi connectivity index (χ0v) is 11.3. The average Bonchev–Trinajstić information content (AvgIpc) is 2.45. The third kappa shape index (κ3) is 2.02. The molecule has 2 nitrogen and oxygen atoms in total. The number of benzene rings is 2. The van der Waals surface area contributed by atoms with Crippen LogP contribution in [0.4, 0.5) is 0 Å². The molecule has 3 rings (SSSR count). The molecule has 1 aliphatic carbocycles. The van der Waals surface area contributed by atoms with Gasteiger partial charge in [0.2, 0.25) is 0 Å². The number of rotatable bonds is 1. The third-order valence-corrected chi connectivity index (χ3v) is 3.77. The molecule has 0 fully saturated rings. The fourth-order valence-electron chi connectivity index (χ4n) is 2.65. The second-order valence-electron chi connectivity index (χ2n) is 4.61. The molecule has 0 saturated carbocycles. The fraction of sp³-hybridized carbons (Fsp3) is 0.188. The molecule has 0 spiro atoms. The molecule has 96 valence electrons. The molecule has 0 amide bonds. The van der Waals surface area contributed by atoms with Crippen LogP contribution in [0, 0.1) is 0 Å². The highest BCUT2D eigenvalue weighted by Crippen LogP contribution is 2.34. The van der Waals surface area contributed by atoms with Gasteiger partial charge in [0.15, 0.2) is 0 Å². The summed E-state index contributed by atoms with van der Waals surface area (Å²) in [5.41, 5.74) is 2.81. The predicted octanol–water partition coefficient (Wildman–Crippen LogP) is 4.00. The van der Waals surface area contributed by atoms with Crippen LogP contribution >= 0.6 is 11.6 Å². The van der Waals surface area contributed by atoms with Crippen LogP contribution in [0.25, 0.3) is 16.3 Å². The van der Waals surface area contributed by atoms with E-state index in [9.17, 15) is 4.79 Å². The van der Waals surface area contributed by atoms with Gasteiger partial charge in [-0.05, 0) is 46.9 Å². The van der Waals surface area contributed by atoms with Crippen molar-refractivity contribution in [2.45, 2.75) is 12.8 Å². The van der Waals surface area contributed by atoms with Gasteiger partial charge in [-0.2, -0.15) is 0 Å². The van der Waals surface area contributed by atoms with E-state index in [2.05, 4.69) is 0 Å². The molecule has 0 N–H and O–H groups in total. The minimum Gasteiger partial charge on any atom is -0.465 e. The Kier molecular flexibility index (Phi) is 3.03. The lowest BCUT2D eigenvalue weighted by Crippen LogP contribution is -2.10. The summed E-state index contributed by atoms with van der Waals surface area (Å²) in [7, 11) is 1.41. The van der Waals surface area contributed by atoms with Crippen LogP contribution in [0.5, 0.6) is 0 Å². The summed E-state index contributed by atoms with van der Waals surface area (Å²) in [6.45, 7) is 0. The standard InChI is InChI=1S/C16H13ClO2/c1-19-16(18)14-4-2-3-12-13(14)8-6-10-5-7-11(17)9-15(10)12/h4-9H,2-3H2,1H3. The number of hydrogen-bond donors (Lipinski definition) is 0. The summed E-state index contributed by atoms with van der Waals surface area (Å²) in [6, 6.07) is 9.88. The van der Waals surface area contributed by atoms with Crippen molar-refractivity contribution < 1.29 is 9.53 Å². The number of carbonyl (C=O) groups excluding carboxylic acids is 1. The van der Waals surface area contributed by atoms with Crippen LogP contribution in [0.3, 0.4) is 0 Å². The number of fused-ring (bicyclic) bond motifs is 3. The quantitative estimate of drug-likeness (QED) is 0.734. The Balaban J connectivity index is 2.26. The molecule has 0 aliphatic heterocycles. The molecular formula is C16H13ClO2. The van der Waals surface area contributed by atoms with Crippen LogP contribution in [0.2, 0.25) is 5.02 Å². The number of carbonyl (C=O) groups is 1. The van der Waals surface area contributed by atoms with Crippen LogP contribution in [-0.4, -0.2) is 13.1 Å². The zero-order valence-electron chi connectivity index (χ0n) is 10.6. The number of allylic oxidation sites excluding steroid dienone is 1. The normalized spacial score (nSPS) is 13.9. The Morgan fingerprint density at radius 3 is 2.84 bits per heavy atom. The summed E-state index contributed by atoms with van der Waals surface area (Å²) in [4.78, 5) is 11.8. The number of methoxy groups -OCH3 is 1. The summed E-state index contributed by atoms with van der Waals surface area (Å²) in [6.07, 6.45) is 3.72. The molecule has 2 aromatic rings. The zero-order chi connectivity index (χ0) is 13.4. The molecule has 0 unspecified atom stereocenters. The molecule has 19 heavy (non-hydrogen) atoms. The largest absolute Gasteiger partial charge is 0.465 e. The van der Waals surface area contributed by atoms with E-state index in [0.29, 0.717) is 5.57 Å². The highest BCUT2D eigenvalue weighted by atomic mass is 35.5. The molecule has 3 heteroatoms. The van der Waals surface area contributed by atoms with Crippen LogP contribution in [0.1, 0.15) is 17.5 Å². The number of halogens is 1. The molecular weight excluding hydrogens is 260 g/mol. The average molecular weight is 273 g/mol. The van der Waals surface area contributed by atoms with Gasteiger partial charge < -0.3 is 4.74 Å². The van der Waals surface area contributed by atoms with Gasteiger partial charge in [-0.1, -0.05) is 35.9 Å². The number of ether oxygens (including phenoxy) is 1. The maximum absolute atomic E-state index is 11.8. The Morgan fingerprint density at radius 1 is 1.26 bits per heavy atom. The van der Waals surface area contributed by atoms with E-state index in [1.54, 1.807) is 0 Å². The van der Waals surface area contributed by atoms with E-state index in [1.807, 2.05) is 36.4 Å². The first kappa shape index (κ1) is 12.2. The second-order valence-corrected chi connectivity index (χ2v) is 5.04. The second kappa shape index (κ2) is 4.71. The lowest BCUT2D eigenvalue weighted by Gasteiger charge is -2.18. The first-order valence-electron chi connectivity index (χ1n) is 6.20. The van der Waals surface area contributed by atoms with Gasteiger partial charge in [0.05, 0.1) is 12.7 Å². The van der Waals surface area contributed by atoms with Crippen LogP contribution in [-0.2, 0) is 16.0 Å². The Bertz CT molecular complexity index is 701. The lowest BCUT2D eigenvalue weighted by atomic mass is 9.87. The van der Waals surface area contributed by atoms with Crippen molar-refractivity contribution in [2.75, 3.05) is 7.11 Å². The van der Waals surface area contributed by atoms with E-state index in [-0.39, 0.29) is 5.97 Å². The van der Waals surface area contributed by atoms with Gasteiger partial charge in [0, 0.05) is 5.02 Å². The van der Waals surface area contributed by atoms with Crippen molar-refractivity contribution in [3.8, 4) is 0 Å². The Hall–Kier alpha value is -1.80. The highest BCUT2D eigenvalue weighted by molar-refractivity contribution is 6.31. The first-order valence-corrected chi connectivity index (χ1v) is 6.58. The van der Waals surface area contributed by atoms with Gasteiger partial charge >= 0.3 is 5.97 Å². The van der Waals surface area contributed by atoms with Gasteiger partial charge in [-0.15, -0.1) is 0 Å². The minimum atomic E-state index is -0.276. The fourth-order valence-corrected chi connectivity index (χ4v) is 2.82. The summed E-state index contributed by atoms with van der Waals surface area (Å²) in [5, 5.41) is 2.99. The minimum absolute atomic E-state index is 0.276. The smallest absolute Gasteiger partial charge is 0.338 e. The molecule has 0 aromatic heterocycles. The number of aryl methyl sites for hydroxylation is 1. The topological polar surface area (TPSA) is 26.3 Å². The molecule has 0 heterocycles. The van der Waals surface area contributed by atoms with Crippen molar-refractivity contribution in [1.82, 2.24) is 0 Å². The van der Waals surface area contributed by atoms with E-state index in [4.69, 9.17) is 16.3 Å². The summed E-state index contributed by atoms with van der Waals surface area (Å²) >= 11 is 6.08. The lowest BCUT2D eigenvalue weighted by molar-refractivity contribution is -0.133. The van der Waals surface area contributed by atoms with E-state index >= 15 is 0 Å². The van der Waals surface area contributed by atoms with E-state index < -0.39 is 0 Å². The number of hydrogen-bond acceptors (Lipinski definition) is 2. The van der Waals surface area contributed by atoms with Crippen LogP contribution in [0.15, 0.2) is 36.4 Å². The monoisotopic (exact) mass is 272 g/mol. The Morgan fingerprint density at radius 2 is 2.05 bits per heavy atom. The van der Waals surface area contributed by atoms with Crippen molar-refractivity contribution in [1.29, 1.82) is 0 Å². The van der Waals surface area contributed by atoms with Crippen molar-refractivity contribution in [3.63, 3.8) is 0 Å². The van der Waals surface area contributed by atoms with Gasteiger partial charge in [-0.25, -0.2) is 4.79 Å². The molecule has 1 aliphatic rings. The Labute approximate surface area is 116 Å². The van der Waals surface area contributed by atoms with Gasteiger partial charge in [0.25, 0.3) is 0 Å². The van der Waals surface area contributed by atoms with Gasteiger partial charge in [-0.3, -0.25) is 0 Å². The maximum Gasteiger partial charge on any atom is 0.338 e. The molecule has 0 radical (unpaired) electrons. The first-order chi connectivity index (χ1) is 9.20.